The van der Waals surface area contributed by atoms with Crippen molar-refractivity contribution in [1.29, 1.82) is 0 Å². The van der Waals surface area contributed by atoms with Crippen LogP contribution in [0.15, 0.2) is 0 Å². The summed E-state index contributed by atoms with van der Waals surface area (Å²) in [6.45, 7) is -4.20. The fourth-order valence-electron chi connectivity index (χ4n) is 0.540. The van der Waals surface area contributed by atoms with Gasteiger partial charge in [0.25, 0.3) is 0 Å². The molecule has 0 aliphatic rings. The van der Waals surface area contributed by atoms with Gasteiger partial charge in [-0.1, -0.05) is 0 Å². The minimum absolute atomic E-state index is 0.903. The highest BCUT2D eigenvalue weighted by molar-refractivity contribution is 5.84. The summed E-state index contributed by atoms with van der Waals surface area (Å²) in [5, 5.41) is 43.6. The van der Waals surface area contributed by atoms with Gasteiger partial charge in [-0.2, -0.15) is 0 Å². The van der Waals surface area contributed by atoms with Crippen molar-refractivity contribution in [3.63, 3.8) is 0 Å². The van der Waals surface area contributed by atoms with Gasteiger partial charge in [-0.3, -0.25) is 4.79 Å². The first-order chi connectivity index (χ1) is 6.21. The zero-order valence-electron chi connectivity index (χ0n) is 8.08. The second kappa shape index (κ2) is 5.18. The quantitative estimate of drug-likeness (QED) is 0.284. The summed E-state index contributed by atoms with van der Waals surface area (Å²) in [6, 6.07) is 0. The van der Waals surface area contributed by atoms with E-state index in [1.165, 1.54) is 0 Å². The highest BCUT2D eigenvalue weighted by Crippen LogP contribution is 2.00. The Hall–Kier alpha value is -0.530. The Kier molecular flexibility index (Phi) is 3.49. The zero-order chi connectivity index (χ0) is 11.5. The predicted molar refractivity (Wildman–Crippen MR) is 37.2 cm³/mol. The van der Waals surface area contributed by atoms with Gasteiger partial charge in [-0.05, 0) is 0 Å². The van der Waals surface area contributed by atoms with E-state index in [1.54, 1.807) is 0 Å². The molecule has 3 atom stereocenters. The molecule has 0 saturated carbocycles. The lowest BCUT2D eigenvalue weighted by Gasteiger charge is -2.19. The van der Waals surface area contributed by atoms with Crippen LogP contribution < -0.4 is 0 Å². The first-order valence-electron chi connectivity index (χ1n) is 4.13. The molecule has 6 nitrogen and oxygen atoms in total. The van der Waals surface area contributed by atoms with Gasteiger partial charge in [0, 0.05) is 0 Å². The summed E-state index contributed by atoms with van der Waals surface area (Å²) in [4.78, 5) is 10.8. The molecule has 0 aliphatic heterocycles. The molecule has 0 amide bonds. The molecular weight excluding hydrogens is 169 g/mol. The summed E-state index contributed by atoms with van der Waals surface area (Å²) in [5.74, 6) is -1.68. The van der Waals surface area contributed by atoms with Gasteiger partial charge >= 0.3 is 0 Å². The van der Waals surface area contributed by atoms with E-state index < -0.39 is 37.3 Å². The number of carbonyl (C=O) groups is 1. The summed E-state index contributed by atoms with van der Waals surface area (Å²) in [7, 11) is 0. The molecule has 0 spiro atoms. The van der Waals surface area contributed by atoms with E-state index in [2.05, 4.69) is 0 Å². The summed E-state index contributed by atoms with van der Waals surface area (Å²) < 4.78 is 13.0. The minimum Gasteiger partial charge on any atom is -0.394 e. The number of rotatable bonds is 5. The molecule has 6 heteroatoms. The van der Waals surface area contributed by atoms with E-state index in [-0.39, 0.29) is 0 Å². The largest absolute Gasteiger partial charge is 0.394 e. The molecule has 0 aromatic heterocycles. The van der Waals surface area contributed by atoms with Crippen LogP contribution in [0.4, 0.5) is 0 Å². The molecule has 0 aromatic carbocycles. The molecular formula is C6H12O6. The smallest absolute Gasteiger partial charge is 0.189 e. The molecule has 0 unspecified atom stereocenters. The van der Waals surface area contributed by atoms with Gasteiger partial charge in [0.05, 0.1) is 9.35 Å². The molecule has 0 heterocycles. The molecule has 0 fully saturated rings. The van der Waals surface area contributed by atoms with E-state index in [4.69, 9.17) is 28.3 Å². The van der Waals surface area contributed by atoms with Crippen molar-refractivity contribution in [2.75, 3.05) is 13.2 Å². The Labute approximate surface area is 71.5 Å². The van der Waals surface area contributed by atoms with Crippen LogP contribution in [0.3, 0.4) is 0 Å². The molecule has 0 aliphatic carbocycles. The maximum Gasteiger partial charge on any atom is 0.189 e. The molecule has 0 aromatic rings. The average Bonchev–Trinajstić information content (AvgIpc) is 2.11. The lowest BCUT2D eigenvalue weighted by Crippen LogP contribution is -2.44. The molecule has 0 radical (unpaired) electrons. The number of hydrogen-bond donors (Lipinski definition) is 5. The second-order valence-corrected chi connectivity index (χ2v) is 2.16. The molecule has 5 N–H and O–H groups in total. The van der Waals surface area contributed by atoms with Crippen LogP contribution in [0.25, 0.3) is 0 Å². The van der Waals surface area contributed by atoms with Gasteiger partial charge in [0.2, 0.25) is 0 Å². The SMILES string of the molecule is [2H][13C]([2H])(O)C(=O)[C@@H](O)[C@H](O)[C@H](O)CO. The Morgan fingerprint density at radius 2 is 1.83 bits per heavy atom. The van der Waals surface area contributed by atoms with E-state index in [0.717, 1.165) is 0 Å². The van der Waals surface area contributed by atoms with Gasteiger partial charge in [-0.15, -0.1) is 0 Å². The van der Waals surface area contributed by atoms with Crippen LogP contribution in [-0.4, -0.2) is 62.8 Å². The van der Waals surface area contributed by atoms with Gasteiger partial charge in [0.15, 0.2) is 5.78 Å². The van der Waals surface area contributed by atoms with Crippen molar-refractivity contribution in [3.05, 3.63) is 0 Å². The van der Waals surface area contributed by atoms with Crippen LogP contribution >= 0.6 is 0 Å². The lowest BCUT2D eigenvalue weighted by molar-refractivity contribution is -0.142. The van der Waals surface area contributed by atoms with E-state index >= 15 is 0 Å². The molecule has 12 heavy (non-hydrogen) atoms. The molecule has 72 valence electrons. The molecule has 0 rings (SSSR count). The summed E-state index contributed by atoms with van der Waals surface area (Å²) in [5.41, 5.74) is 0. The predicted octanol–water partition coefficient (Wildman–Crippen LogP) is -3.38. The van der Waals surface area contributed by atoms with E-state index in [9.17, 15) is 4.79 Å². The second-order valence-electron chi connectivity index (χ2n) is 2.16. The number of Topliss-reactive ketones (excluding diaryl/α,β-unsaturated/α-hetero) is 1. The standard InChI is InChI=1S/C6H12O6/c7-1-3(9)5(11)6(12)4(10)2-8/h3,5-9,11-12H,1-2H2/t3-,5-,6-/m1/s1/i2+1D2. The van der Waals surface area contributed by atoms with Gasteiger partial charge in [-0.25, -0.2) is 0 Å². The fourth-order valence-corrected chi connectivity index (χ4v) is 0.540. The van der Waals surface area contributed by atoms with Crippen molar-refractivity contribution < 1.29 is 33.1 Å². The van der Waals surface area contributed by atoms with Crippen molar-refractivity contribution in [3.8, 4) is 0 Å². The number of carbonyl (C=O) groups excluding carboxylic acids is 1. The van der Waals surface area contributed by atoms with Crippen molar-refractivity contribution in [2.45, 2.75) is 18.3 Å². The van der Waals surface area contributed by atoms with E-state index in [1.807, 2.05) is 0 Å². The Morgan fingerprint density at radius 1 is 1.33 bits per heavy atom. The summed E-state index contributed by atoms with van der Waals surface area (Å²) in [6.07, 6.45) is -6.12. The highest BCUT2D eigenvalue weighted by atomic mass is 16.4. The number of hydrogen-bond acceptors (Lipinski definition) is 6. The van der Waals surface area contributed by atoms with Gasteiger partial charge < -0.3 is 25.5 Å². The van der Waals surface area contributed by atoms with Crippen LogP contribution in [0.5, 0.6) is 0 Å². The van der Waals surface area contributed by atoms with Crippen molar-refractivity contribution in [2.24, 2.45) is 0 Å². The van der Waals surface area contributed by atoms with E-state index in [0.29, 0.717) is 0 Å². The molecule has 0 bridgehead atoms. The monoisotopic (exact) mass is 183 g/mol. The average molecular weight is 183 g/mol. The zero-order valence-corrected chi connectivity index (χ0v) is 6.08. The number of ketones is 1. The minimum atomic E-state index is -3.30. The maximum absolute atomic E-state index is 10.8. The summed E-state index contributed by atoms with van der Waals surface area (Å²) >= 11 is 0. The van der Waals surface area contributed by atoms with Crippen LogP contribution in [0, 0.1) is 0 Å². The van der Waals surface area contributed by atoms with Crippen LogP contribution in [0.1, 0.15) is 2.74 Å². The normalized spacial score (nSPS) is 22.1. The Bertz CT molecular complexity index is 203. The Balaban J connectivity index is 4.47. The molecule has 0 saturated heterocycles. The first-order valence-corrected chi connectivity index (χ1v) is 3.13. The van der Waals surface area contributed by atoms with Gasteiger partial charge in [0.1, 0.15) is 24.9 Å². The number of aliphatic hydroxyl groups is 5. The Morgan fingerprint density at radius 3 is 2.17 bits per heavy atom. The van der Waals surface area contributed by atoms with Crippen LogP contribution in [-0.2, 0) is 4.79 Å². The lowest BCUT2D eigenvalue weighted by atomic mass is 10.1. The third kappa shape index (κ3) is 2.84. The maximum atomic E-state index is 10.8. The van der Waals surface area contributed by atoms with Crippen molar-refractivity contribution >= 4 is 5.78 Å². The van der Waals surface area contributed by atoms with Crippen molar-refractivity contribution in [1.82, 2.24) is 0 Å². The topological polar surface area (TPSA) is 118 Å². The third-order valence-corrected chi connectivity index (χ3v) is 1.28. The highest BCUT2D eigenvalue weighted by Gasteiger charge is 2.28. The van der Waals surface area contributed by atoms with Crippen LogP contribution in [0.2, 0.25) is 0 Å². The number of aliphatic hydroxyl groups excluding tert-OH is 4. The first kappa shape index (κ1) is 8.09. The third-order valence-electron chi connectivity index (χ3n) is 1.28. The fraction of sp³-hybridized carbons (Fsp3) is 0.833.